The molecular formula is C25H29N3O2S. The van der Waals surface area contributed by atoms with Crippen LogP contribution < -0.4 is 10.2 Å². The standard InChI is InChI=1S/C25H29N3O2S/c1-3-17-8-7-11-20(14-17)28-22(29)21-15-18-12-13-31-23(18)27(21)16-25(28,2)24(30)26-19-9-5-4-6-10-19/h7-8,11-15,19H,3-6,9-10,16H2,1-2H3,(H,26,30)/t25-/m0/s1. The van der Waals surface area contributed by atoms with Crippen molar-refractivity contribution in [3.8, 4) is 0 Å². The van der Waals surface area contributed by atoms with Crippen LogP contribution in [0.15, 0.2) is 41.8 Å². The summed E-state index contributed by atoms with van der Waals surface area (Å²) in [7, 11) is 0. The third-order valence-corrected chi connectivity index (χ3v) is 7.84. The highest BCUT2D eigenvalue weighted by Crippen LogP contribution is 2.38. The molecule has 0 saturated heterocycles. The van der Waals surface area contributed by atoms with Crippen molar-refractivity contribution < 1.29 is 9.59 Å². The van der Waals surface area contributed by atoms with Gasteiger partial charge >= 0.3 is 0 Å². The number of fused-ring (bicyclic) bond motifs is 3. The van der Waals surface area contributed by atoms with Crippen LogP contribution in [0.5, 0.6) is 0 Å². The summed E-state index contributed by atoms with van der Waals surface area (Å²) in [5.41, 5.74) is 1.61. The van der Waals surface area contributed by atoms with E-state index in [1.165, 1.54) is 6.42 Å². The van der Waals surface area contributed by atoms with Gasteiger partial charge in [0.15, 0.2) is 0 Å². The minimum absolute atomic E-state index is 0.0568. The SMILES string of the molecule is CCc1cccc(N2C(=O)c3cc4ccsc4n3C[C@@]2(C)C(=O)NC2CCCCC2)c1. The van der Waals surface area contributed by atoms with Gasteiger partial charge in [-0.05, 0) is 61.4 Å². The average molecular weight is 436 g/mol. The Bertz CT molecular complexity index is 1140. The zero-order chi connectivity index (χ0) is 21.6. The van der Waals surface area contributed by atoms with Gasteiger partial charge in [-0.2, -0.15) is 0 Å². The topological polar surface area (TPSA) is 54.3 Å². The number of nitrogens with one attached hydrogen (secondary N) is 1. The van der Waals surface area contributed by atoms with Crippen LogP contribution in [0, 0.1) is 0 Å². The van der Waals surface area contributed by atoms with Gasteiger partial charge in [0.1, 0.15) is 16.1 Å². The second kappa shape index (κ2) is 7.83. The van der Waals surface area contributed by atoms with Gasteiger partial charge in [0.2, 0.25) is 5.91 Å². The highest BCUT2D eigenvalue weighted by Gasteiger charge is 2.49. The second-order valence-electron chi connectivity index (χ2n) is 9.04. The molecule has 162 valence electrons. The molecule has 0 unspecified atom stereocenters. The molecule has 1 saturated carbocycles. The fourth-order valence-electron chi connectivity index (χ4n) is 5.11. The van der Waals surface area contributed by atoms with Gasteiger partial charge < -0.3 is 9.88 Å². The van der Waals surface area contributed by atoms with E-state index in [2.05, 4.69) is 18.3 Å². The Morgan fingerprint density at radius 3 is 2.77 bits per heavy atom. The van der Waals surface area contributed by atoms with E-state index >= 15 is 0 Å². The van der Waals surface area contributed by atoms with Crippen LogP contribution in [-0.4, -0.2) is 28.0 Å². The zero-order valence-electron chi connectivity index (χ0n) is 18.2. The number of thiophene rings is 1. The van der Waals surface area contributed by atoms with E-state index in [4.69, 9.17) is 0 Å². The Balaban J connectivity index is 1.60. The number of nitrogens with zero attached hydrogens (tertiary/aromatic N) is 2. The lowest BCUT2D eigenvalue weighted by atomic mass is 9.91. The van der Waals surface area contributed by atoms with Crippen molar-refractivity contribution >= 4 is 39.1 Å². The van der Waals surface area contributed by atoms with Crippen molar-refractivity contribution in [2.45, 2.75) is 70.5 Å². The Morgan fingerprint density at radius 1 is 1.19 bits per heavy atom. The summed E-state index contributed by atoms with van der Waals surface area (Å²) in [6.45, 7) is 4.47. The Labute approximate surface area is 187 Å². The highest BCUT2D eigenvalue weighted by molar-refractivity contribution is 7.16. The van der Waals surface area contributed by atoms with Crippen molar-refractivity contribution in [2.24, 2.45) is 0 Å². The fraction of sp³-hybridized carbons (Fsp3) is 0.440. The van der Waals surface area contributed by atoms with E-state index in [9.17, 15) is 9.59 Å². The molecule has 2 aliphatic rings. The molecule has 1 atom stereocenters. The number of carbonyl (C=O) groups is 2. The molecule has 5 nitrogen and oxygen atoms in total. The lowest BCUT2D eigenvalue weighted by Crippen LogP contribution is -2.65. The Hall–Kier alpha value is -2.60. The van der Waals surface area contributed by atoms with E-state index in [1.54, 1.807) is 16.2 Å². The first kappa shape index (κ1) is 20.3. The van der Waals surface area contributed by atoms with Crippen molar-refractivity contribution in [2.75, 3.05) is 4.90 Å². The predicted octanol–water partition coefficient (Wildman–Crippen LogP) is 5.13. The summed E-state index contributed by atoms with van der Waals surface area (Å²) in [5, 5.41) is 6.40. The molecule has 1 fully saturated rings. The summed E-state index contributed by atoms with van der Waals surface area (Å²) in [4.78, 5) is 30.4. The molecule has 1 aliphatic heterocycles. The maximum atomic E-state index is 13.8. The minimum atomic E-state index is -0.996. The molecule has 0 radical (unpaired) electrons. The normalized spacial score (nSPS) is 22.0. The molecule has 31 heavy (non-hydrogen) atoms. The molecule has 0 spiro atoms. The number of benzene rings is 1. The second-order valence-corrected chi connectivity index (χ2v) is 9.94. The third-order valence-electron chi connectivity index (χ3n) is 6.89. The summed E-state index contributed by atoms with van der Waals surface area (Å²) < 4.78 is 2.04. The van der Waals surface area contributed by atoms with Gasteiger partial charge in [0.25, 0.3) is 5.91 Å². The molecule has 3 aromatic rings. The molecule has 5 rings (SSSR count). The van der Waals surface area contributed by atoms with Crippen molar-refractivity contribution in [3.05, 3.63) is 53.0 Å². The number of anilines is 1. The lowest BCUT2D eigenvalue weighted by Gasteiger charge is -2.44. The van der Waals surface area contributed by atoms with Crippen LogP contribution in [0.4, 0.5) is 5.69 Å². The lowest BCUT2D eigenvalue weighted by molar-refractivity contribution is -0.127. The Kier molecular flexibility index (Phi) is 5.13. The number of hydrogen-bond donors (Lipinski definition) is 1. The summed E-state index contributed by atoms with van der Waals surface area (Å²) in [6.07, 6.45) is 6.46. The maximum absolute atomic E-state index is 13.8. The Morgan fingerprint density at radius 2 is 2.00 bits per heavy atom. The largest absolute Gasteiger partial charge is 0.351 e. The number of rotatable bonds is 4. The van der Waals surface area contributed by atoms with Gasteiger partial charge in [0.05, 0.1) is 6.54 Å². The van der Waals surface area contributed by atoms with E-state index in [0.717, 1.165) is 53.6 Å². The van der Waals surface area contributed by atoms with E-state index in [1.807, 2.05) is 47.2 Å². The molecule has 2 aromatic heterocycles. The third kappa shape index (κ3) is 3.37. The van der Waals surface area contributed by atoms with Crippen molar-refractivity contribution in [1.82, 2.24) is 9.88 Å². The molecule has 6 heteroatoms. The van der Waals surface area contributed by atoms with Crippen LogP contribution in [0.3, 0.4) is 0 Å². The number of aromatic nitrogens is 1. The van der Waals surface area contributed by atoms with Crippen molar-refractivity contribution in [1.29, 1.82) is 0 Å². The molecule has 3 heterocycles. The molecule has 1 aromatic carbocycles. The summed E-state index contributed by atoms with van der Waals surface area (Å²) >= 11 is 1.62. The van der Waals surface area contributed by atoms with Gasteiger partial charge in [-0.15, -0.1) is 11.3 Å². The predicted molar refractivity (Wildman–Crippen MR) is 126 cm³/mol. The first-order chi connectivity index (χ1) is 15.0. The monoisotopic (exact) mass is 435 g/mol. The fourth-order valence-corrected chi connectivity index (χ4v) is 6.00. The van der Waals surface area contributed by atoms with Gasteiger partial charge in [-0.25, -0.2) is 0 Å². The van der Waals surface area contributed by atoms with Crippen LogP contribution in [0.2, 0.25) is 0 Å². The van der Waals surface area contributed by atoms with E-state index < -0.39 is 5.54 Å². The van der Waals surface area contributed by atoms with Gasteiger partial charge in [-0.3, -0.25) is 14.5 Å². The van der Waals surface area contributed by atoms with Gasteiger partial charge in [-0.1, -0.05) is 38.3 Å². The van der Waals surface area contributed by atoms with E-state index in [0.29, 0.717) is 12.2 Å². The van der Waals surface area contributed by atoms with E-state index in [-0.39, 0.29) is 17.9 Å². The van der Waals surface area contributed by atoms with Gasteiger partial charge in [0, 0.05) is 17.1 Å². The first-order valence-electron chi connectivity index (χ1n) is 11.3. The average Bonchev–Trinajstić information content (AvgIpc) is 3.37. The molecule has 1 N–H and O–H groups in total. The van der Waals surface area contributed by atoms with Crippen LogP contribution in [0.1, 0.15) is 62.0 Å². The quantitative estimate of drug-likeness (QED) is 0.617. The highest BCUT2D eigenvalue weighted by atomic mass is 32.1. The maximum Gasteiger partial charge on any atom is 0.275 e. The molecular weight excluding hydrogens is 406 g/mol. The van der Waals surface area contributed by atoms with Crippen LogP contribution in [-0.2, 0) is 17.8 Å². The number of amides is 2. The smallest absolute Gasteiger partial charge is 0.275 e. The number of carbonyl (C=O) groups excluding carboxylic acids is 2. The molecule has 1 aliphatic carbocycles. The molecule has 2 amide bonds. The minimum Gasteiger partial charge on any atom is -0.351 e. The zero-order valence-corrected chi connectivity index (χ0v) is 19.0. The summed E-state index contributed by atoms with van der Waals surface area (Å²) in [6, 6.07) is 12.2. The number of aryl methyl sites for hydroxylation is 1. The number of hydrogen-bond acceptors (Lipinski definition) is 3. The molecule has 0 bridgehead atoms. The van der Waals surface area contributed by atoms with Crippen LogP contribution in [0.25, 0.3) is 10.2 Å². The van der Waals surface area contributed by atoms with Crippen molar-refractivity contribution in [3.63, 3.8) is 0 Å². The summed E-state index contributed by atoms with van der Waals surface area (Å²) in [5.74, 6) is -0.164. The first-order valence-corrected chi connectivity index (χ1v) is 12.2. The van der Waals surface area contributed by atoms with Crippen LogP contribution >= 0.6 is 11.3 Å².